The Kier molecular flexibility index (Phi) is 6.42. The van der Waals surface area contributed by atoms with Crippen molar-refractivity contribution in [3.8, 4) is 11.5 Å². The Bertz CT molecular complexity index is 1110. The lowest BCUT2D eigenvalue weighted by Crippen LogP contribution is -2.45. The second-order valence-electron chi connectivity index (χ2n) is 7.00. The molecule has 0 aliphatic heterocycles. The maximum Gasteiger partial charge on any atom is 0.247 e. The molecule has 0 saturated carbocycles. The lowest BCUT2D eigenvalue weighted by atomic mass is 10.2. The monoisotopic (exact) mass is 424 g/mol. The fourth-order valence-electron chi connectivity index (χ4n) is 3.05. The largest absolute Gasteiger partial charge is 0.457 e. The van der Waals surface area contributed by atoms with E-state index in [0.29, 0.717) is 22.9 Å². The average Bonchev–Trinajstić information content (AvgIpc) is 2.69. The Hall–Kier alpha value is -3.32. The number of amides is 1. The standard InChI is InChI=1S/C23H24N2O4S/c1-17-8-7-9-20(16-17)25(30(3,27)28)18(2)23(26)24-19-12-14-22(15-13-19)29-21-10-5-4-6-11-21/h4-16,18H,1-3H3,(H,24,26). The van der Waals surface area contributed by atoms with Crippen LogP contribution in [0.25, 0.3) is 0 Å². The van der Waals surface area contributed by atoms with Gasteiger partial charge in [0.05, 0.1) is 11.9 Å². The van der Waals surface area contributed by atoms with E-state index >= 15 is 0 Å². The van der Waals surface area contributed by atoms with Crippen molar-refractivity contribution < 1.29 is 17.9 Å². The number of ether oxygens (including phenoxy) is 1. The van der Waals surface area contributed by atoms with Crippen molar-refractivity contribution in [1.29, 1.82) is 0 Å². The van der Waals surface area contributed by atoms with Gasteiger partial charge in [-0.15, -0.1) is 0 Å². The van der Waals surface area contributed by atoms with Crippen LogP contribution in [0.1, 0.15) is 12.5 Å². The lowest BCUT2D eigenvalue weighted by Gasteiger charge is -2.28. The molecule has 0 spiro atoms. The van der Waals surface area contributed by atoms with Gasteiger partial charge < -0.3 is 10.1 Å². The Morgan fingerprint density at radius 2 is 1.57 bits per heavy atom. The van der Waals surface area contributed by atoms with Crippen LogP contribution in [0.5, 0.6) is 11.5 Å². The molecule has 1 N–H and O–H groups in total. The van der Waals surface area contributed by atoms with Gasteiger partial charge in [0.15, 0.2) is 0 Å². The minimum atomic E-state index is -3.66. The highest BCUT2D eigenvalue weighted by molar-refractivity contribution is 7.92. The number of nitrogens with one attached hydrogen (secondary N) is 1. The third-order valence-corrected chi connectivity index (χ3v) is 5.69. The number of rotatable bonds is 7. The molecule has 30 heavy (non-hydrogen) atoms. The Labute approximate surface area is 177 Å². The Morgan fingerprint density at radius 3 is 2.17 bits per heavy atom. The number of hydrogen-bond donors (Lipinski definition) is 1. The zero-order valence-electron chi connectivity index (χ0n) is 17.1. The molecule has 6 nitrogen and oxygen atoms in total. The van der Waals surface area contributed by atoms with E-state index in [1.807, 2.05) is 43.3 Å². The van der Waals surface area contributed by atoms with E-state index in [4.69, 9.17) is 4.74 Å². The molecule has 0 radical (unpaired) electrons. The van der Waals surface area contributed by atoms with Gasteiger partial charge in [-0.1, -0.05) is 30.3 Å². The van der Waals surface area contributed by atoms with Gasteiger partial charge in [-0.3, -0.25) is 9.10 Å². The first-order valence-corrected chi connectivity index (χ1v) is 11.3. The van der Waals surface area contributed by atoms with Crippen LogP contribution in [0.15, 0.2) is 78.9 Å². The second kappa shape index (κ2) is 9.00. The third-order valence-electron chi connectivity index (χ3n) is 4.45. The summed E-state index contributed by atoms with van der Waals surface area (Å²) in [6.07, 6.45) is 1.09. The molecule has 0 fully saturated rings. The summed E-state index contributed by atoms with van der Waals surface area (Å²) < 4.78 is 31.6. The zero-order chi connectivity index (χ0) is 21.7. The van der Waals surface area contributed by atoms with Gasteiger partial charge in [-0.05, 0) is 67.9 Å². The fourth-order valence-corrected chi connectivity index (χ4v) is 4.22. The van der Waals surface area contributed by atoms with E-state index in [1.165, 1.54) is 0 Å². The predicted molar refractivity (Wildman–Crippen MR) is 120 cm³/mol. The van der Waals surface area contributed by atoms with Gasteiger partial charge in [0.1, 0.15) is 17.5 Å². The van der Waals surface area contributed by atoms with Crippen molar-refractivity contribution in [1.82, 2.24) is 0 Å². The second-order valence-corrected chi connectivity index (χ2v) is 8.86. The van der Waals surface area contributed by atoms with Gasteiger partial charge >= 0.3 is 0 Å². The van der Waals surface area contributed by atoms with E-state index < -0.39 is 22.0 Å². The van der Waals surface area contributed by atoms with Crippen LogP contribution >= 0.6 is 0 Å². The Balaban J connectivity index is 1.73. The summed E-state index contributed by atoms with van der Waals surface area (Å²) in [4.78, 5) is 12.8. The molecule has 1 atom stereocenters. The molecule has 0 aromatic heterocycles. The van der Waals surface area contributed by atoms with Gasteiger partial charge in [-0.2, -0.15) is 0 Å². The molecule has 0 saturated heterocycles. The molecule has 0 heterocycles. The molecule has 1 unspecified atom stereocenters. The molecular formula is C23H24N2O4S. The summed E-state index contributed by atoms with van der Waals surface area (Å²) in [5, 5.41) is 2.77. The van der Waals surface area contributed by atoms with Gasteiger partial charge in [-0.25, -0.2) is 8.42 Å². The van der Waals surface area contributed by atoms with E-state index in [9.17, 15) is 13.2 Å². The van der Waals surface area contributed by atoms with Gasteiger partial charge in [0.2, 0.25) is 15.9 Å². The molecule has 3 aromatic rings. The number of sulfonamides is 1. The summed E-state index contributed by atoms with van der Waals surface area (Å²) >= 11 is 0. The number of aryl methyl sites for hydroxylation is 1. The third kappa shape index (κ3) is 5.39. The van der Waals surface area contributed by atoms with E-state index in [0.717, 1.165) is 16.1 Å². The van der Waals surface area contributed by atoms with Gasteiger partial charge in [0, 0.05) is 5.69 Å². The highest BCUT2D eigenvalue weighted by Crippen LogP contribution is 2.25. The van der Waals surface area contributed by atoms with E-state index in [2.05, 4.69) is 5.32 Å². The summed E-state index contributed by atoms with van der Waals surface area (Å²) in [5.74, 6) is 0.910. The molecule has 0 aliphatic rings. The van der Waals surface area contributed by atoms with Crippen molar-refractivity contribution >= 4 is 27.3 Å². The first-order valence-electron chi connectivity index (χ1n) is 9.44. The van der Waals surface area contributed by atoms with Crippen molar-refractivity contribution in [2.45, 2.75) is 19.9 Å². The highest BCUT2D eigenvalue weighted by Gasteiger charge is 2.29. The van der Waals surface area contributed by atoms with Crippen LogP contribution in [0, 0.1) is 6.92 Å². The quantitative estimate of drug-likeness (QED) is 0.602. The highest BCUT2D eigenvalue weighted by atomic mass is 32.2. The number of carbonyl (C=O) groups is 1. The fraction of sp³-hybridized carbons (Fsp3) is 0.174. The molecule has 0 bridgehead atoms. The molecule has 3 rings (SSSR count). The van der Waals surface area contributed by atoms with Crippen molar-refractivity contribution in [3.05, 3.63) is 84.4 Å². The maximum atomic E-state index is 12.8. The number of hydrogen-bond acceptors (Lipinski definition) is 4. The normalized spacial score (nSPS) is 12.1. The maximum absolute atomic E-state index is 12.8. The van der Waals surface area contributed by atoms with E-state index in [-0.39, 0.29) is 0 Å². The first kappa shape index (κ1) is 21.4. The Morgan fingerprint density at radius 1 is 0.933 bits per heavy atom. The smallest absolute Gasteiger partial charge is 0.247 e. The van der Waals surface area contributed by atoms with Crippen LogP contribution in [-0.2, 0) is 14.8 Å². The van der Waals surface area contributed by atoms with Crippen LogP contribution < -0.4 is 14.4 Å². The number of anilines is 2. The summed E-state index contributed by atoms with van der Waals surface area (Å²) in [5.41, 5.74) is 1.90. The molecule has 3 aromatic carbocycles. The van der Waals surface area contributed by atoms with Crippen LogP contribution in [0.3, 0.4) is 0 Å². The van der Waals surface area contributed by atoms with Crippen molar-refractivity contribution in [2.75, 3.05) is 15.9 Å². The molecular weight excluding hydrogens is 400 g/mol. The van der Waals surface area contributed by atoms with Crippen LogP contribution in [0.4, 0.5) is 11.4 Å². The minimum Gasteiger partial charge on any atom is -0.457 e. The van der Waals surface area contributed by atoms with Crippen LogP contribution in [0.2, 0.25) is 0 Å². The molecule has 1 amide bonds. The predicted octanol–water partition coefficient (Wildman–Crippen LogP) is 4.58. The lowest BCUT2D eigenvalue weighted by molar-refractivity contribution is -0.116. The number of carbonyl (C=O) groups excluding carboxylic acids is 1. The molecule has 0 aliphatic carbocycles. The summed E-state index contributed by atoms with van der Waals surface area (Å²) in [6.45, 7) is 3.43. The molecule has 7 heteroatoms. The van der Waals surface area contributed by atoms with Crippen molar-refractivity contribution in [2.24, 2.45) is 0 Å². The topological polar surface area (TPSA) is 75.7 Å². The SMILES string of the molecule is Cc1cccc(N(C(C)C(=O)Nc2ccc(Oc3ccccc3)cc2)S(C)(=O)=O)c1. The van der Waals surface area contributed by atoms with Crippen LogP contribution in [-0.4, -0.2) is 26.6 Å². The molecule has 156 valence electrons. The summed E-state index contributed by atoms with van der Waals surface area (Å²) in [7, 11) is -3.66. The first-order chi connectivity index (χ1) is 14.2. The number of nitrogens with zero attached hydrogens (tertiary/aromatic N) is 1. The minimum absolute atomic E-state index is 0.432. The zero-order valence-corrected chi connectivity index (χ0v) is 17.9. The van der Waals surface area contributed by atoms with Crippen molar-refractivity contribution in [3.63, 3.8) is 0 Å². The number of benzene rings is 3. The van der Waals surface area contributed by atoms with Gasteiger partial charge in [0.25, 0.3) is 0 Å². The summed E-state index contributed by atoms with van der Waals surface area (Å²) in [6, 6.07) is 22.4. The number of para-hydroxylation sites is 1. The average molecular weight is 425 g/mol. The van der Waals surface area contributed by atoms with E-state index in [1.54, 1.807) is 49.4 Å².